The van der Waals surface area contributed by atoms with Gasteiger partial charge in [-0.05, 0) is 25.6 Å². The smallest absolute Gasteiger partial charge is 0.236 e. The Bertz CT molecular complexity index is 668. The highest BCUT2D eigenvalue weighted by Gasteiger charge is 2.15. The first-order chi connectivity index (χ1) is 11.5. The molecule has 130 valence electrons. The topological polar surface area (TPSA) is 65.5 Å². The van der Waals surface area contributed by atoms with Gasteiger partial charge in [-0.15, -0.1) is 11.3 Å². The van der Waals surface area contributed by atoms with Gasteiger partial charge >= 0.3 is 0 Å². The molecule has 2 aromatic rings. The number of aromatic nitrogens is 1. The summed E-state index contributed by atoms with van der Waals surface area (Å²) in [6.45, 7) is 3.58. The van der Waals surface area contributed by atoms with Crippen molar-refractivity contribution in [2.24, 2.45) is 0 Å². The molecule has 0 bridgehead atoms. The number of fused-ring (bicyclic) bond motifs is 1. The Morgan fingerprint density at radius 1 is 1.21 bits per heavy atom. The second kappa shape index (κ2) is 8.75. The second-order valence-electron chi connectivity index (χ2n) is 5.85. The van der Waals surface area contributed by atoms with Gasteiger partial charge < -0.3 is 10.2 Å². The summed E-state index contributed by atoms with van der Waals surface area (Å²) in [7, 11) is 3.54. The minimum atomic E-state index is -0.0547. The molecule has 2 amide bonds. The van der Waals surface area contributed by atoms with Crippen LogP contribution in [0.25, 0.3) is 10.2 Å². The fraction of sp³-hybridized carbons (Fsp3) is 0.471. The lowest BCUT2D eigenvalue weighted by Crippen LogP contribution is -2.41. The van der Waals surface area contributed by atoms with Crippen molar-refractivity contribution in [3.63, 3.8) is 0 Å². The van der Waals surface area contributed by atoms with Crippen molar-refractivity contribution in [1.29, 1.82) is 0 Å². The van der Waals surface area contributed by atoms with Crippen LogP contribution < -0.4 is 5.32 Å². The molecule has 0 saturated heterocycles. The molecule has 0 saturated carbocycles. The van der Waals surface area contributed by atoms with E-state index in [-0.39, 0.29) is 24.9 Å². The number of nitrogens with zero attached hydrogens (tertiary/aromatic N) is 3. The first-order valence-electron chi connectivity index (χ1n) is 8.03. The summed E-state index contributed by atoms with van der Waals surface area (Å²) in [6, 6.07) is 7.94. The van der Waals surface area contributed by atoms with E-state index in [0.717, 1.165) is 21.6 Å². The maximum atomic E-state index is 12.3. The molecule has 0 radical (unpaired) electrons. The Labute approximate surface area is 146 Å². The number of likely N-dealkylation sites (N-methyl/N-ethyl adjacent to an activating group) is 2. The van der Waals surface area contributed by atoms with E-state index in [2.05, 4.69) is 10.3 Å². The molecule has 0 aliphatic carbocycles. The molecule has 2 rings (SSSR count). The zero-order valence-corrected chi connectivity index (χ0v) is 15.2. The number of hydrogen-bond donors (Lipinski definition) is 1. The van der Waals surface area contributed by atoms with E-state index in [1.54, 1.807) is 35.2 Å². The van der Waals surface area contributed by atoms with Crippen molar-refractivity contribution in [3.8, 4) is 0 Å². The van der Waals surface area contributed by atoms with Crippen LogP contribution in [0.15, 0.2) is 24.3 Å². The number of benzene rings is 1. The third-order valence-electron chi connectivity index (χ3n) is 3.53. The van der Waals surface area contributed by atoms with E-state index in [4.69, 9.17) is 0 Å². The molecule has 6 nitrogen and oxygen atoms in total. The quantitative estimate of drug-likeness (QED) is 0.789. The van der Waals surface area contributed by atoms with Gasteiger partial charge in [0.1, 0.15) is 5.01 Å². The number of hydrogen-bond acceptors (Lipinski definition) is 5. The number of para-hydroxylation sites is 1. The van der Waals surface area contributed by atoms with Gasteiger partial charge in [-0.3, -0.25) is 14.5 Å². The summed E-state index contributed by atoms with van der Waals surface area (Å²) in [5, 5.41) is 3.72. The fourth-order valence-electron chi connectivity index (χ4n) is 2.25. The van der Waals surface area contributed by atoms with Crippen LogP contribution in [0.4, 0.5) is 0 Å². The van der Waals surface area contributed by atoms with Crippen molar-refractivity contribution < 1.29 is 9.59 Å². The van der Waals surface area contributed by atoms with E-state index in [0.29, 0.717) is 13.1 Å². The van der Waals surface area contributed by atoms with Crippen molar-refractivity contribution in [2.75, 3.05) is 33.7 Å². The number of amides is 2. The number of carbonyl (C=O) groups is 2. The molecule has 0 aliphatic rings. The molecule has 0 aliphatic heterocycles. The van der Waals surface area contributed by atoms with Crippen LogP contribution in [-0.4, -0.2) is 60.3 Å². The van der Waals surface area contributed by atoms with E-state index in [1.807, 2.05) is 31.2 Å². The van der Waals surface area contributed by atoms with Gasteiger partial charge in [0.05, 0.1) is 29.9 Å². The zero-order chi connectivity index (χ0) is 17.5. The van der Waals surface area contributed by atoms with Gasteiger partial charge in [-0.1, -0.05) is 19.1 Å². The van der Waals surface area contributed by atoms with Crippen LogP contribution in [0.3, 0.4) is 0 Å². The highest BCUT2D eigenvalue weighted by atomic mass is 32.1. The van der Waals surface area contributed by atoms with Crippen LogP contribution in [0.5, 0.6) is 0 Å². The first-order valence-corrected chi connectivity index (χ1v) is 8.85. The molecule has 1 aromatic carbocycles. The minimum Gasteiger partial charge on any atom is -0.355 e. The minimum absolute atomic E-state index is 0.0277. The molecule has 1 N–H and O–H groups in total. The average Bonchev–Trinajstić information content (AvgIpc) is 2.94. The molecule has 0 unspecified atom stereocenters. The van der Waals surface area contributed by atoms with Crippen LogP contribution in [0.2, 0.25) is 0 Å². The van der Waals surface area contributed by atoms with Gasteiger partial charge in [-0.25, -0.2) is 4.98 Å². The van der Waals surface area contributed by atoms with E-state index >= 15 is 0 Å². The number of rotatable bonds is 8. The Kier molecular flexibility index (Phi) is 6.69. The Balaban J connectivity index is 1.84. The number of carbonyl (C=O) groups excluding carboxylic acids is 2. The van der Waals surface area contributed by atoms with Gasteiger partial charge in [0, 0.05) is 13.6 Å². The van der Waals surface area contributed by atoms with Gasteiger partial charge in [0.25, 0.3) is 0 Å². The molecule has 1 aromatic heterocycles. The molecule has 0 atom stereocenters. The Hall–Kier alpha value is -1.99. The summed E-state index contributed by atoms with van der Waals surface area (Å²) in [5.74, 6) is -0.0824. The largest absolute Gasteiger partial charge is 0.355 e. The lowest BCUT2D eigenvalue weighted by Gasteiger charge is -2.20. The Morgan fingerprint density at radius 3 is 2.67 bits per heavy atom. The maximum absolute atomic E-state index is 12.3. The van der Waals surface area contributed by atoms with Gasteiger partial charge in [0.2, 0.25) is 11.8 Å². The summed E-state index contributed by atoms with van der Waals surface area (Å²) >= 11 is 1.60. The predicted molar refractivity (Wildman–Crippen MR) is 96.9 cm³/mol. The molecule has 24 heavy (non-hydrogen) atoms. The molecule has 7 heteroatoms. The van der Waals surface area contributed by atoms with Crippen LogP contribution in [0.1, 0.15) is 18.4 Å². The maximum Gasteiger partial charge on any atom is 0.236 e. The molecule has 0 fully saturated rings. The SMILES string of the molecule is CCCNC(=O)CN(C)CC(=O)N(C)Cc1nc2ccccc2s1. The fourth-order valence-corrected chi connectivity index (χ4v) is 3.27. The second-order valence-corrected chi connectivity index (χ2v) is 6.96. The first kappa shape index (κ1) is 18.4. The van der Waals surface area contributed by atoms with Gasteiger partial charge in [0.15, 0.2) is 0 Å². The van der Waals surface area contributed by atoms with E-state index in [1.165, 1.54) is 0 Å². The summed E-state index contributed by atoms with van der Waals surface area (Å²) in [6.07, 6.45) is 0.902. The van der Waals surface area contributed by atoms with E-state index < -0.39 is 0 Å². The number of thiazole rings is 1. The molecule has 1 heterocycles. The van der Waals surface area contributed by atoms with Crippen molar-refractivity contribution in [3.05, 3.63) is 29.3 Å². The van der Waals surface area contributed by atoms with Gasteiger partial charge in [-0.2, -0.15) is 0 Å². The van der Waals surface area contributed by atoms with Crippen molar-refractivity contribution in [1.82, 2.24) is 20.1 Å². The molecular formula is C17H24N4O2S. The number of nitrogens with one attached hydrogen (secondary N) is 1. The lowest BCUT2D eigenvalue weighted by molar-refractivity contribution is -0.132. The predicted octanol–water partition coefficient (Wildman–Crippen LogP) is 1.71. The summed E-state index contributed by atoms with van der Waals surface area (Å²) in [4.78, 5) is 31.9. The lowest BCUT2D eigenvalue weighted by atomic mass is 10.3. The van der Waals surface area contributed by atoms with Crippen LogP contribution in [-0.2, 0) is 16.1 Å². The van der Waals surface area contributed by atoms with Crippen molar-refractivity contribution in [2.45, 2.75) is 19.9 Å². The average molecular weight is 348 g/mol. The summed E-state index contributed by atoms with van der Waals surface area (Å²) in [5.41, 5.74) is 0.961. The Morgan fingerprint density at radius 2 is 1.96 bits per heavy atom. The normalized spacial score (nSPS) is 11.0. The monoisotopic (exact) mass is 348 g/mol. The van der Waals surface area contributed by atoms with Crippen LogP contribution >= 0.6 is 11.3 Å². The third-order valence-corrected chi connectivity index (χ3v) is 4.55. The highest BCUT2D eigenvalue weighted by Crippen LogP contribution is 2.22. The third kappa shape index (κ3) is 5.28. The highest BCUT2D eigenvalue weighted by molar-refractivity contribution is 7.18. The van der Waals surface area contributed by atoms with Crippen LogP contribution in [0, 0.1) is 0 Å². The zero-order valence-electron chi connectivity index (χ0n) is 14.4. The summed E-state index contributed by atoms with van der Waals surface area (Å²) < 4.78 is 1.12. The molecule has 0 spiro atoms. The van der Waals surface area contributed by atoms with E-state index in [9.17, 15) is 9.59 Å². The van der Waals surface area contributed by atoms with Crippen molar-refractivity contribution >= 4 is 33.4 Å². The standard InChI is InChI=1S/C17H24N4O2S/c1-4-9-18-15(22)10-20(2)12-17(23)21(3)11-16-19-13-7-5-6-8-14(13)24-16/h5-8H,4,9-12H2,1-3H3,(H,18,22). The molecular weight excluding hydrogens is 324 g/mol.